The molecule has 6 nitrogen and oxygen atoms in total. The average Bonchev–Trinajstić information content (AvgIpc) is 3.29. The quantitative estimate of drug-likeness (QED) is 0.192. The molecule has 3 aliphatic carbocycles. The van der Waals surface area contributed by atoms with Gasteiger partial charge in [-0.05, 0) is 81.9 Å². The van der Waals surface area contributed by atoms with E-state index in [1.165, 1.54) is 0 Å². The molecule has 7 heteroatoms. The predicted octanol–water partition coefficient (Wildman–Crippen LogP) is 7.98. The van der Waals surface area contributed by atoms with Crippen molar-refractivity contribution in [1.29, 1.82) is 0 Å². The highest BCUT2D eigenvalue weighted by atomic mass is 28.4. The van der Waals surface area contributed by atoms with Gasteiger partial charge in [-0.15, -0.1) is 0 Å². The first-order chi connectivity index (χ1) is 20.1. The average molecular weight is 611 g/mol. The van der Waals surface area contributed by atoms with Gasteiger partial charge in [0.1, 0.15) is 17.8 Å². The fourth-order valence-electron chi connectivity index (χ4n) is 9.04. The molecule has 238 valence electrons. The van der Waals surface area contributed by atoms with Gasteiger partial charge in [-0.25, -0.2) is 4.79 Å². The number of esters is 1. The van der Waals surface area contributed by atoms with E-state index < -0.39 is 42.6 Å². The lowest BCUT2D eigenvalue weighted by molar-refractivity contribution is -0.209. The fraction of sp³-hybridized carbons (Fsp3) is 0.694. The van der Waals surface area contributed by atoms with Crippen molar-refractivity contribution in [3.63, 3.8) is 0 Å². The molecule has 0 spiro atoms. The molecule has 1 heterocycles. The van der Waals surface area contributed by atoms with Crippen LogP contribution in [0.5, 0.6) is 0 Å². The van der Waals surface area contributed by atoms with Gasteiger partial charge in [0.15, 0.2) is 14.1 Å². The number of carbonyl (C=O) groups excluding carboxylic acids is 1. The molecule has 0 aromatic heterocycles. The number of carbonyl (C=O) groups is 1. The molecule has 2 fully saturated rings. The van der Waals surface area contributed by atoms with E-state index in [2.05, 4.69) is 61.5 Å². The zero-order valence-electron chi connectivity index (χ0n) is 28.1. The first kappa shape index (κ1) is 32.6. The van der Waals surface area contributed by atoms with E-state index in [-0.39, 0.29) is 24.2 Å². The second kappa shape index (κ2) is 11.2. The Balaban J connectivity index is 1.77. The number of rotatable bonds is 7. The highest BCUT2D eigenvalue weighted by Gasteiger charge is 2.70. The SMILES string of the molecule is CC[Si](CC)(CC)O[C@H]1C[C@@]2(O)[C@@H](OC(=O)c3ccccc3)[C@@H]3C(C)=CCC[C@@]3(C)[C@H]3OC(C)(C)O[C@@H]3C(=C1C)C2(C)C. The molecule has 1 aromatic rings. The molecule has 0 amide bonds. The van der Waals surface area contributed by atoms with Crippen LogP contribution in [-0.4, -0.2) is 55.2 Å². The van der Waals surface area contributed by atoms with Crippen LogP contribution in [0.15, 0.2) is 53.1 Å². The number of allylic oxidation sites excluding steroid dienone is 1. The van der Waals surface area contributed by atoms with Gasteiger partial charge >= 0.3 is 5.97 Å². The molecule has 1 aliphatic heterocycles. The molecular weight excluding hydrogens is 556 g/mol. The van der Waals surface area contributed by atoms with Crippen LogP contribution in [0.4, 0.5) is 0 Å². The Hall–Kier alpha value is -1.77. The van der Waals surface area contributed by atoms with Crippen molar-refractivity contribution in [2.24, 2.45) is 16.7 Å². The molecule has 2 bridgehead atoms. The second-order valence-electron chi connectivity index (χ2n) is 14.8. The number of ether oxygens (including phenoxy) is 3. The predicted molar refractivity (Wildman–Crippen MR) is 172 cm³/mol. The zero-order chi connectivity index (χ0) is 31.6. The number of benzene rings is 1. The summed E-state index contributed by atoms with van der Waals surface area (Å²) in [5, 5.41) is 13.4. The molecule has 43 heavy (non-hydrogen) atoms. The molecule has 4 aliphatic rings. The summed E-state index contributed by atoms with van der Waals surface area (Å²) in [6.07, 6.45) is 2.59. The Bertz CT molecular complexity index is 1270. The monoisotopic (exact) mass is 610 g/mol. The summed E-state index contributed by atoms with van der Waals surface area (Å²) in [4.78, 5) is 13.9. The highest BCUT2D eigenvalue weighted by Crippen LogP contribution is 2.64. The van der Waals surface area contributed by atoms with Gasteiger partial charge < -0.3 is 23.7 Å². The fourth-order valence-corrected chi connectivity index (χ4v) is 11.9. The van der Waals surface area contributed by atoms with E-state index in [0.29, 0.717) is 12.0 Å². The summed E-state index contributed by atoms with van der Waals surface area (Å²) in [6, 6.07) is 12.2. The number of hydrogen-bond donors (Lipinski definition) is 1. The number of aliphatic hydroxyl groups is 1. The van der Waals surface area contributed by atoms with Crippen molar-refractivity contribution >= 4 is 14.3 Å². The van der Waals surface area contributed by atoms with Crippen LogP contribution in [-0.2, 0) is 18.6 Å². The van der Waals surface area contributed by atoms with Crippen molar-refractivity contribution < 1.29 is 28.5 Å². The summed E-state index contributed by atoms with van der Waals surface area (Å²) in [5.74, 6) is -1.49. The summed E-state index contributed by atoms with van der Waals surface area (Å²) in [6.45, 7) is 21.4. The van der Waals surface area contributed by atoms with E-state index in [0.717, 1.165) is 47.7 Å². The topological polar surface area (TPSA) is 74.2 Å². The normalized spacial score (nSPS) is 36.6. The van der Waals surface area contributed by atoms with Gasteiger partial charge in [0.2, 0.25) is 0 Å². The Morgan fingerprint density at radius 1 is 1.00 bits per heavy atom. The van der Waals surface area contributed by atoms with Crippen LogP contribution in [0.1, 0.15) is 98.9 Å². The van der Waals surface area contributed by atoms with Crippen LogP contribution < -0.4 is 0 Å². The third kappa shape index (κ3) is 5.11. The van der Waals surface area contributed by atoms with Crippen molar-refractivity contribution in [1.82, 2.24) is 0 Å². The summed E-state index contributed by atoms with van der Waals surface area (Å²) in [7, 11) is -2.07. The maximum absolute atomic E-state index is 13.9. The summed E-state index contributed by atoms with van der Waals surface area (Å²) in [5.41, 5.74) is 1.12. The molecule has 1 aromatic carbocycles. The first-order valence-corrected chi connectivity index (χ1v) is 19.0. The number of hydrogen-bond acceptors (Lipinski definition) is 6. The Morgan fingerprint density at radius 3 is 2.23 bits per heavy atom. The zero-order valence-corrected chi connectivity index (χ0v) is 29.1. The molecule has 1 saturated heterocycles. The van der Waals surface area contributed by atoms with Gasteiger partial charge in [0.25, 0.3) is 0 Å². The maximum Gasteiger partial charge on any atom is 0.338 e. The van der Waals surface area contributed by atoms with Crippen molar-refractivity contribution in [3.8, 4) is 0 Å². The smallest absolute Gasteiger partial charge is 0.338 e. The second-order valence-corrected chi connectivity index (χ2v) is 19.6. The van der Waals surface area contributed by atoms with E-state index >= 15 is 0 Å². The van der Waals surface area contributed by atoms with Crippen LogP contribution >= 0.6 is 0 Å². The van der Waals surface area contributed by atoms with Gasteiger partial charge in [0.05, 0.1) is 17.8 Å². The molecule has 0 unspecified atom stereocenters. The van der Waals surface area contributed by atoms with Crippen LogP contribution in [0.3, 0.4) is 0 Å². The molecule has 7 atom stereocenters. The molecule has 5 rings (SSSR count). The van der Waals surface area contributed by atoms with E-state index in [9.17, 15) is 9.90 Å². The van der Waals surface area contributed by atoms with E-state index in [4.69, 9.17) is 18.6 Å². The first-order valence-electron chi connectivity index (χ1n) is 16.5. The lowest BCUT2D eigenvalue weighted by Gasteiger charge is -2.62. The third-order valence-electron chi connectivity index (χ3n) is 11.9. The minimum absolute atomic E-state index is 0.269. The van der Waals surface area contributed by atoms with Crippen molar-refractivity contribution in [2.75, 3.05) is 0 Å². The third-order valence-corrected chi connectivity index (χ3v) is 16.5. The highest BCUT2D eigenvalue weighted by molar-refractivity contribution is 6.73. The Labute approximate surface area is 260 Å². The van der Waals surface area contributed by atoms with Gasteiger partial charge in [-0.2, -0.15) is 0 Å². The lowest BCUT2D eigenvalue weighted by Crippen LogP contribution is -2.69. The van der Waals surface area contributed by atoms with Crippen molar-refractivity contribution in [2.45, 2.75) is 142 Å². The van der Waals surface area contributed by atoms with Crippen LogP contribution in [0.25, 0.3) is 0 Å². The Kier molecular flexibility index (Phi) is 8.52. The van der Waals surface area contributed by atoms with Crippen molar-refractivity contribution in [3.05, 3.63) is 58.7 Å². The maximum atomic E-state index is 13.9. The Morgan fingerprint density at radius 2 is 1.63 bits per heavy atom. The van der Waals surface area contributed by atoms with Crippen LogP contribution in [0.2, 0.25) is 18.1 Å². The molecule has 1 saturated carbocycles. The lowest BCUT2D eigenvalue weighted by atomic mass is 9.48. The largest absolute Gasteiger partial charge is 0.455 e. The molecular formula is C36H54O6Si. The molecule has 1 N–H and O–H groups in total. The minimum Gasteiger partial charge on any atom is -0.455 e. The minimum atomic E-state index is -2.07. The van der Waals surface area contributed by atoms with Gasteiger partial charge in [-0.3, -0.25) is 0 Å². The summed E-state index contributed by atoms with van der Waals surface area (Å²) >= 11 is 0. The number of fused-ring (bicyclic) bond motifs is 6. The van der Waals surface area contributed by atoms with Gasteiger partial charge in [-0.1, -0.05) is 71.4 Å². The summed E-state index contributed by atoms with van der Waals surface area (Å²) < 4.78 is 27.6. The van der Waals surface area contributed by atoms with E-state index in [1.54, 1.807) is 12.1 Å². The standard InChI is InChI=1S/C36H54O6Si/c1-11-43(12-2,13-3)42-26-22-36(38)30(39-32(37)25-19-15-14-16-20-25)27-23(4)18-17-21-35(27,10)31-29(40-34(8,9)41-31)28(24(26)5)33(36,6)7/h14-16,18-20,26-27,29-31,38H,11-13,17,21-22H2,1-10H3/t26-,27-,29+,30-,31-,35+,36+/m0/s1. The van der Waals surface area contributed by atoms with Crippen LogP contribution in [0, 0.1) is 16.7 Å². The molecule has 0 radical (unpaired) electrons. The van der Waals surface area contributed by atoms with E-state index in [1.807, 2.05) is 32.0 Å². The van der Waals surface area contributed by atoms with Gasteiger partial charge in [0, 0.05) is 23.2 Å².